The van der Waals surface area contributed by atoms with Crippen LogP contribution in [0.15, 0.2) is 24.3 Å². The molecule has 2 rings (SSSR count). The molecule has 1 fully saturated rings. The topological polar surface area (TPSA) is 44.8 Å². The molecule has 128 valence electrons. The van der Waals surface area contributed by atoms with Crippen molar-refractivity contribution >= 4 is 11.7 Å². The predicted octanol–water partition coefficient (Wildman–Crippen LogP) is 3.03. The Labute approximate surface area is 139 Å². The molecule has 5 nitrogen and oxygen atoms in total. The van der Waals surface area contributed by atoms with Crippen LogP contribution in [-0.2, 0) is 11.3 Å². The first-order valence-electron chi connectivity index (χ1n) is 8.40. The van der Waals surface area contributed by atoms with Gasteiger partial charge in [-0.05, 0) is 50.6 Å². The average molecular weight is 319 g/mol. The predicted molar refractivity (Wildman–Crippen MR) is 93.6 cm³/mol. The number of amides is 2. The number of benzene rings is 1. The molecule has 23 heavy (non-hydrogen) atoms. The molecule has 0 unspecified atom stereocenters. The van der Waals surface area contributed by atoms with E-state index in [1.807, 2.05) is 43.1 Å². The Morgan fingerprint density at radius 1 is 1.39 bits per heavy atom. The van der Waals surface area contributed by atoms with Gasteiger partial charge in [0, 0.05) is 31.9 Å². The maximum absolute atomic E-state index is 12.5. The minimum absolute atomic E-state index is 0.0380. The van der Waals surface area contributed by atoms with Crippen molar-refractivity contribution in [2.45, 2.75) is 32.9 Å². The van der Waals surface area contributed by atoms with Gasteiger partial charge in [0.15, 0.2) is 0 Å². The molecule has 2 atom stereocenters. The zero-order valence-corrected chi connectivity index (χ0v) is 14.7. The number of nitrogens with zero attached hydrogens (tertiary/aromatic N) is 2. The van der Waals surface area contributed by atoms with E-state index in [4.69, 9.17) is 4.74 Å². The molecule has 1 heterocycles. The Morgan fingerprint density at radius 2 is 2.09 bits per heavy atom. The summed E-state index contributed by atoms with van der Waals surface area (Å²) >= 11 is 0. The van der Waals surface area contributed by atoms with Crippen LogP contribution in [0.4, 0.5) is 10.5 Å². The Kier molecular flexibility index (Phi) is 6.42. The van der Waals surface area contributed by atoms with Crippen molar-refractivity contribution in [3.05, 3.63) is 29.8 Å². The summed E-state index contributed by atoms with van der Waals surface area (Å²) in [4.78, 5) is 16.6. The van der Waals surface area contributed by atoms with Crippen LogP contribution in [0.1, 0.15) is 25.8 Å². The minimum atomic E-state index is -0.0380. The van der Waals surface area contributed by atoms with E-state index in [1.165, 1.54) is 0 Å². The fourth-order valence-electron chi connectivity index (χ4n) is 3.18. The maximum atomic E-state index is 12.5. The van der Waals surface area contributed by atoms with Gasteiger partial charge in [-0.25, -0.2) is 4.79 Å². The highest BCUT2D eigenvalue weighted by molar-refractivity contribution is 5.89. The van der Waals surface area contributed by atoms with Crippen LogP contribution in [-0.4, -0.2) is 55.7 Å². The number of ether oxygens (including phenoxy) is 1. The highest BCUT2D eigenvalue weighted by Crippen LogP contribution is 2.21. The minimum Gasteiger partial charge on any atom is -0.377 e. The van der Waals surface area contributed by atoms with E-state index in [0.717, 1.165) is 30.8 Å². The summed E-state index contributed by atoms with van der Waals surface area (Å²) in [6, 6.07) is 8.09. The molecule has 0 spiro atoms. The SMILES string of the molecule is CCOCc1ccc(NC(=O)N(C)[C@@H]2CCN(C)C[C@@H]2C)cc1. The fraction of sp³-hybridized carbons (Fsp3) is 0.611. The summed E-state index contributed by atoms with van der Waals surface area (Å²) < 4.78 is 5.38. The lowest BCUT2D eigenvalue weighted by Crippen LogP contribution is -2.50. The molecule has 1 N–H and O–H groups in total. The van der Waals surface area contributed by atoms with E-state index in [0.29, 0.717) is 25.2 Å². The molecule has 0 aliphatic carbocycles. The van der Waals surface area contributed by atoms with Gasteiger partial charge in [0.05, 0.1) is 6.61 Å². The molecule has 0 saturated carbocycles. The van der Waals surface area contributed by atoms with Gasteiger partial charge < -0.3 is 19.9 Å². The molecular weight excluding hydrogens is 290 g/mol. The molecule has 1 aliphatic heterocycles. The van der Waals surface area contributed by atoms with Gasteiger partial charge in [-0.3, -0.25) is 0 Å². The fourth-order valence-corrected chi connectivity index (χ4v) is 3.18. The van der Waals surface area contributed by atoms with E-state index in [9.17, 15) is 4.79 Å². The number of rotatable bonds is 5. The first-order valence-corrected chi connectivity index (χ1v) is 8.40. The number of carbonyl (C=O) groups excluding carboxylic acids is 1. The smallest absolute Gasteiger partial charge is 0.321 e. The first kappa shape index (κ1) is 17.8. The summed E-state index contributed by atoms with van der Waals surface area (Å²) in [6.07, 6.45) is 1.02. The number of nitrogens with one attached hydrogen (secondary N) is 1. The van der Waals surface area contributed by atoms with E-state index in [-0.39, 0.29) is 6.03 Å². The van der Waals surface area contributed by atoms with Gasteiger partial charge in [0.1, 0.15) is 0 Å². The van der Waals surface area contributed by atoms with Gasteiger partial charge in [0.2, 0.25) is 0 Å². The first-order chi connectivity index (χ1) is 11.0. The molecule has 5 heteroatoms. The van der Waals surface area contributed by atoms with Gasteiger partial charge in [-0.15, -0.1) is 0 Å². The van der Waals surface area contributed by atoms with Crippen molar-refractivity contribution in [1.29, 1.82) is 0 Å². The highest BCUT2D eigenvalue weighted by atomic mass is 16.5. The zero-order valence-electron chi connectivity index (χ0n) is 14.7. The second-order valence-corrected chi connectivity index (χ2v) is 6.47. The Morgan fingerprint density at radius 3 is 2.70 bits per heavy atom. The quantitative estimate of drug-likeness (QED) is 0.907. The summed E-state index contributed by atoms with van der Waals surface area (Å²) in [7, 11) is 4.03. The van der Waals surface area contributed by atoms with Crippen LogP contribution in [0.2, 0.25) is 0 Å². The summed E-state index contributed by atoms with van der Waals surface area (Å²) in [6.45, 7) is 7.59. The molecule has 1 aromatic rings. The third-order valence-corrected chi connectivity index (χ3v) is 4.56. The Bertz CT molecular complexity index is 503. The van der Waals surface area contributed by atoms with E-state index in [1.54, 1.807) is 0 Å². The molecular formula is C18H29N3O2. The Hall–Kier alpha value is -1.59. The zero-order chi connectivity index (χ0) is 16.8. The number of piperidine rings is 1. The van der Waals surface area contributed by atoms with Crippen LogP contribution in [0.25, 0.3) is 0 Å². The number of hydrogen-bond acceptors (Lipinski definition) is 3. The van der Waals surface area contributed by atoms with Crippen molar-refractivity contribution in [3.8, 4) is 0 Å². The number of likely N-dealkylation sites (tertiary alicyclic amines) is 1. The van der Waals surface area contributed by atoms with E-state index >= 15 is 0 Å². The van der Waals surface area contributed by atoms with Gasteiger partial charge in [0.25, 0.3) is 0 Å². The van der Waals surface area contributed by atoms with E-state index < -0.39 is 0 Å². The summed E-state index contributed by atoms with van der Waals surface area (Å²) in [5.74, 6) is 0.484. The molecule has 1 aromatic carbocycles. The van der Waals surface area contributed by atoms with Crippen molar-refractivity contribution in [2.75, 3.05) is 39.1 Å². The number of carbonyl (C=O) groups is 1. The van der Waals surface area contributed by atoms with Gasteiger partial charge in [-0.2, -0.15) is 0 Å². The van der Waals surface area contributed by atoms with Crippen LogP contribution in [0, 0.1) is 5.92 Å². The lowest BCUT2D eigenvalue weighted by molar-refractivity contribution is 0.113. The number of urea groups is 1. The lowest BCUT2D eigenvalue weighted by Gasteiger charge is -2.39. The van der Waals surface area contributed by atoms with Crippen LogP contribution in [0.5, 0.6) is 0 Å². The van der Waals surface area contributed by atoms with Crippen molar-refractivity contribution in [2.24, 2.45) is 5.92 Å². The van der Waals surface area contributed by atoms with Crippen molar-refractivity contribution in [3.63, 3.8) is 0 Å². The summed E-state index contributed by atoms with van der Waals surface area (Å²) in [5.41, 5.74) is 1.94. The summed E-state index contributed by atoms with van der Waals surface area (Å²) in [5, 5.41) is 2.99. The number of anilines is 1. The van der Waals surface area contributed by atoms with Crippen molar-refractivity contribution < 1.29 is 9.53 Å². The van der Waals surface area contributed by atoms with Crippen molar-refractivity contribution in [1.82, 2.24) is 9.80 Å². The molecule has 0 radical (unpaired) electrons. The molecule has 0 bridgehead atoms. The molecule has 0 aromatic heterocycles. The molecule has 2 amide bonds. The standard InChI is InChI=1S/C18H29N3O2/c1-5-23-13-15-6-8-16(9-7-15)19-18(22)21(4)17-10-11-20(3)12-14(17)2/h6-9,14,17H,5,10-13H2,1-4H3,(H,19,22)/t14-,17+/m0/s1. The normalized spacial score (nSPS) is 21.9. The van der Waals surface area contributed by atoms with Crippen LogP contribution < -0.4 is 5.32 Å². The van der Waals surface area contributed by atoms with Gasteiger partial charge >= 0.3 is 6.03 Å². The second-order valence-electron chi connectivity index (χ2n) is 6.47. The highest BCUT2D eigenvalue weighted by Gasteiger charge is 2.29. The molecule has 1 aliphatic rings. The van der Waals surface area contributed by atoms with E-state index in [2.05, 4.69) is 24.2 Å². The average Bonchev–Trinajstić information content (AvgIpc) is 2.53. The third-order valence-electron chi connectivity index (χ3n) is 4.56. The number of hydrogen-bond donors (Lipinski definition) is 1. The molecule has 1 saturated heterocycles. The largest absolute Gasteiger partial charge is 0.377 e. The lowest BCUT2D eigenvalue weighted by atomic mass is 9.93. The maximum Gasteiger partial charge on any atom is 0.321 e. The monoisotopic (exact) mass is 319 g/mol. The van der Waals surface area contributed by atoms with Gasteiger partial charge in [-0.1, -0.05) is 19.1 Å². The van der Waals surface area contributed by atoms with Crippen LogP contribution in [0.3, 0.4) is 0 Å². The third kappa shape index (κ3) is 4.94. The Balaban J connectivity index is 1.90. The van der Waals surface area contributed by atoms with Crippen LogP contribution >= 0.6 is 0 Å². The second kappa shape index (κ2) is 8.31.